The van der Waals surface area contributed by atoms with Crippen LogP contribution in [-0.4, -0.2) is 16.7 Å². The fourth-order valence-electron chi connectivity index (χ4n) is 3.12. The minimum atomic E-state index is -0.649. The number of amides is 2. The minimum absolute atomic E-state index is 0.00567. The Balaban J connectivity index is 2.01. The van der Waals surface area contributed by atoms with Gasteiger partial charge in [0.1, 0.15) is 0 Å². The van der Waals surface area contributed by atoms with Crippen molar-refractivity contribution in [1.29, 1.82) is 0 Å². The molecule has 0 saturated carbocycles. The van der Waals surface area contributed by atoms with Gasteiger partial charge in [0, 0.05) is 6.07 Å². The molecule has 0 radical (unpaired) electrons. The van der Waals surface area contributed by atoms with Crippen molar-refractivity contribution in [2.24, 2.45) is 0 Å². The Bertz CT molecular complexity index is 1110. The molecule has 2 aliphatic heterocycles. The van der Waals surface area contributed by atoms with Crippen molar-refractivity contribution >= 4 is 52.1 Å². The van der Waals surface area contributed by atoms with Crippen LogP contribution >= 0.6 is 23.2 Å². The van der Waals surface area contributed by atoms with Crippen LogP contribution in [-0.2, 0) is 9.59 Å². The molecular formula is C18H9Cl2N3O4. The first kappa shape index (κ1) is 17.3. The third-order valence-corrected chi connectivity index (χ3v) is 5.07. The first-order valence-electron chi connectivity index (χ1n) is 7.70. The van der Waals surface area contributed by atoms with Gasteiger partial charge in [0.25, 0.3) is 17.5 Å². The second kappa shape index (κ2) is 6.22. The molecule has 4 rings (SSSR count). The third-order valence-electron chi connectivity index (χ3n) is 4.26. The van der Waals surface area contributed by atoms with Gasteiger partial charge in [-0.3, -0.25) is 19.7 Å². The molecule has 0 aromatic heterocycles. The Morgan fingerprint density at radius 2 is 1.44 bits per heavy atom. The van der Waals surface area contributed by atoms with Gasteiger partial charge >= 0.3 is 0 Å². The van der Waals surface area contributed by atoms with E-state index in [1.807, 2.05) is 0 Å². The van der Waals surface area contributed by atoms with Crippen molar-refractivity contribution in [3.8, 4) is 0 Å². The van der Waals surface area contributed by atoms with Crippen LogP contribution in [0.2, 0.25) is 10.0 Å². The number of benzene rings is 2. The number of hydrogen-bond donors (Lipinski definition) is 2. The summed E-state index contributed by atoms with van der Waals surface area (Å²) in [6.45, 7) is 0. The molecule has 2 aromatic carbocycles. The van der Waals surface area contributed by atoms with Crippen LogP contribution < -0.4 is 10.6 Å². The second-order valence-electron chi connectivity index (χ2n) is 5.79. The molecule has 0 spiro atoms. The molecule has 0 fully saturated rings. The number of nitro benzene ring substituents is 1. The Kier molecular flexibility index (Phi) is 3.98. The maximum atomic E-state index is 12.6. The highest BCUT2D eigenvalue weighted by atomic mass is 35.5. The van der Waals surface area contributed by atoms with Gasteiger partial charge in [-0.15, -0.1) is 0 Å². The lowest BCUT2D eigenvalue weighted by molar-refractivity contribution is -0.385. The van der Waals surface area contributed by atoms with Crippen LogP contribution in [0, 0.1) is 10.1 Å². The van der Waals surface area contributed by atoms with Crippen LogP contribution in [0.3, 0.4) is 0 Å². The van der Waals surface area contributed by atoms with E-state index in [0.717, 1.165) is 0 Å². The van der Waals surface area contributed by atoms with Crippen molar-refractivity contribution < 1.29 is 14.5 Å². The van der Waals surface area contributed by atoms with Gasteiger partial charge in [-0.05, 0) is 11.6 Å². The Labute approximate surface area is 162 Å². The number of rotatable bonds is 3. The summed E-state index contributed by atoms with van der Waals surface area (Å²) in [7, 11) is 0. The van der Waals surface area contributed by atoms with Crippen molar-refractivity contribution in [3.63, 3.8) is 0 Å². The average molecular weight is 402 g/mol. The Morgan fingerprint density at radius 1 is 0.852 bits per heavy atom. The first-order valence-corrected chi connectivity index (χ1v) is 8.45. The van der Waals surface area contributed by atoms with Crippen molar-refractivity contribution in [3.05, 3.63) is 84.9 Å². The van der Waals surface area contributed by atoms with Crippen molar-refractivity contribution in [2.75, 3.05) is 0 Å². The summed E-state index contributed by atoms with van der Waals surface area (Å²) in [6.07, 6.45) is 0. The van der Waals surface area contributed by atoms with Crippen molar-refractivity contribution in [1.82, 2.24) is 10.6 Å². The summed E-state index contributed by atoms with van der Waals surface area (Å²) in [5, 5.41) is 16.6. The average Bonchev–Trinajstić information content (AvgIpc) is 3.16. The summed E-state index contributed by atoms with van der Waals surface area (Å²) in [6, 6.07) is 11.3. The van der Waals surface area contributed by atoms with Gasteiger partial charge in [0.05, 0.1) is 43.1 Å². The van der Waals surface area contributed by atoms with E-state index in [0.29, 0.717) is 11.3 Å². The summed E-state index contributed by atoms with van der Waals surface area (Å²) in [5.74, 6) is -1.11. The molecule has 0 aliphatic carbocycles. The van der Waals surface area contributed by atoms with Crippen molar-refractivity contribution in [2.45, 2.75) is 0 Å². The molecule has 7 nitrogen and oxygen atoms in total. The van der Waals surface area contributed by atoms with Gasteiger partial charge in [0.2, 0.25) is 0 Å². The highest BCUT2D eigenvalue weighted by molar-refractivity contribution is 6.44. The van der Waals surface area contributed by atoms with Crippen LogP contribution in [0.5, 0.6) is 0 Å². The SMILES string of the molecule is O=C1NC(c2c([N+](=O)[O-])ccc(Cl)c2Cl)=C2C(=O)NC(c3ccccc3)=C12. The van der Waals surface area contributed by atoms with E-state index in [2.05, 4.69) is 10.6 Å². The number of carbonyl (C=O) groups excluding carboxylic acids is 2. The molecule has 2 heterocycles. The molecule has 134 valence electrons. The summed E-state index contributed by atoms with van der Waals surface area (Å²) in [5.41, 5.74) is 0.601. The number of carbonyl (C=O) groups is 2. The second-order valence-corrected chi connectivity index (χ2v) is 6.57. The standard InChI is InChI=1S/C18H9Cl2N3O4/c19-9-6-7-10(23(26)27)11(14(9)20)16-13-12(17(24)22-16)15(21-18(13)25)8-4-2-1-3-5-8/h1-7H,(H,21,25)(H,22,24). The lowest BCUT2D eigenvalue weighted by Gasteiger charge is -2.10. The van der Waals surface area contributed by atoms with E-state index < -0.39 is 16.7 Å². The topological polar surface area (TPSA) is 101 Å². The lowest BCUT2D eigenvalue weighted by atomic mass is 10.0. The predicted molar refractivity (Wildman–Crippen MR) is 99.7 cm³/mol. The molecule has 2 N–H and O–H groups in total. The fourth-order valence-corrected chi connectivity index (χ4v) is 3.53. The number of nitrogens with one attached hydrogen (secondary N) is 2. The number of hydrogen-bond acceptors (Lipinski definition) is 4. The van der Waals surface area contributed by atoms with E-state index in [1.165, 1.54) is 12.1 Å². The largest absolute Gasteiger partial charge is 0.321 e. The quantitative estimate of drug-likeness (QED) is 0.608. The summed E-state index contributed by atoms with van der Waals surface area (Å²) < 4.78 is 0. The molecule has 27 heavy (non-hydrogen) atoms. The number of halogens is 2. The van der Waals surface area contributed by atoms with Crippen LogP contribution in [0.4, 0.5) is 5.69 Å². The van der Waals surface area contributed by atoms with Gasteiger partial charge < -0.3 is 10.6 Å². The maximum absolute atomic E-state index is 12.6. The van der Waals surface area contributed by atoms with Gasteiger partial charge in [-0.1, -0.05) is 53.5 Å². The van der Waals surface area contributed by atoms with E-state index >= 15 is 0 Å². The van der Waals surface area contributed by atoms with Crippen LogP contribution in [0.25, 0.3) is 11.4 Å². The molecule has 2 aromatic rings. The normalized spacial score (nSPS) is 15.8. The highest BCUT2D eigenvalue weighted by Gasteiger charge is 2.43. The monoisotopic (exact) mass is 401 g/mol. The zero-order chi connectivity index (χ0) is 19.3. The Hall–Kier alpha value is -3.16. The van der Waals surface area contributed by atoms with Crippen LogP contribution in [0.15, 0.2) is 53.6 Å². The smallest absolute Gasteiger partial charge is 0.280 e. The predicted octanol–water partition coefficient (Wildman–Crippen LogP) is 3.28. The Morgan fingerprint density at radius 3 is 2.07 bits per heavy atom. The van der Waals surface area contributed by atoms with Gasteiger partial charge in [-0.2, -0.15) is 0 Å². The molecule has 0 bridgehead atoms. The number of nitrogens with zero attached hydrogens (tertiary/aromatic N) is 1. The molecule has 2 aliphatic rings. The lowest BCUT2D eigenvalue weighted by Crippen LogP contribution is -2.21. The van der Waals surface area contributed by atoms with E-state index in [9.17, 15) is 19.7 Å². The minimum Gasteiger partial charge on any atom is -0.321 e. The van der Waals surface area contributed by atoms with E-state index in [1.54, 1.807) is 30.3 Å². The molecule has 0 atom stereocenters. The third kappa shape index (κ3) is 2.59. The number of nitro groups is 1. The van der Waals surface area contributed by atoms with Gasteiger partial charge in [0.15, 0.2) is 0 Å². The molecular weight excluding hydrogens is 393 g/mol. The van der Waals surface area contributed by atoms with Crippen LogP contribution in [0.1, 0.15) is 11.1 Å². The number of fused-ring (bicyclic) bond motifs is 1. The molecule has 2 amide bonds. The molecule has 9 heteroatoms. The summed E-state index contributed by atoms with van der Waals surface area (Å²) >= 11 is 12.2. The van der Waals surface area contributed by atoms with E-state index in [4.69, 9.17) is 23.2 Å². The first-order chi connectivity index (χ1) is 12.9. The summed E-state index contributed by atoms with van der Waals surface area (Å²) in [4.78, 5) is 36.0. The zero-order valence-electron chi connectivity index (χ0n) is 13.4. The fraction of sp³-hybridized carbons (Fsp3) is 0. The molecule has 0 saturated heterocycles. The molecule has 0 unspecified atom stereocenters. The zero-order valence-corrected chi connectivity index (χ0v) is 14.9. The maximum Gasteiger partial charge on any atom is 0.280 e. The van der Waals surface area contributed by atoms with E-state index in [-0.39, 0.29) is 38.1 Å². The highest BCUT2D eigenvalue weighted by Crippen LogP contribution is 2.43. The van der Waals surface area contributed by atoms with Gasteiger partial charge in [-0.25, -0.2) is 0 Å².